The Balaban J connectivity index is 2.55. The summed E-state index contributed by atoms with van der Waals surface area (Å²) >= 11 is 0. The number of carbonyl (C=O) groups is 1. The molecule has 80 valence electrons. The van der Waals surface area contributed by atoms with Crippen molar-refractivity contribution in [1.82, 2.24) is 5.32 Å². The number of esters is 1. The molecule has 0 radical (unpaired) electrons. The molecule has 1 aliphatic heterocycles. The van der Waals surface area contributed by atoms with E-state index in [1.54, 1.807) is 7.11 Å². The smallest absolute Gasteiger partial charge is 0.322 e. The summed E-state index contributed by atoms with van der Waals surface area (Å²) in [6.45, 7) is 3.67. The first-order valence-corrected chi connectivity index (χ1v) is 4.70. The van der Waals surface area contributed by atoms with E-state index in [2.05, 4.69) is 16.6 Å². The van der Waals surface area contributed by atoms with Gasteiger partial charge in [-0.3, -0.25) is 10.1 Å². The Morgan fingerprint density at radius 2 is 2.36 bits per heavy atom. The highest BCUT2D eigenvalue weighted by Crippen LogP contribution is 2.19. The summed E-state index contributed by atoms with van der Waals surface area (Å²) in [5.41, 5.74) is 0. The van der Waals surface area contributed by atoms with Crippen LogP contribution >= 0.6 is 0 Å². The van der Waals surface area contributed by atoms with Gasteiger partial charge in [0.25, 0.3) is 0 Å². The maximum Gasteiger partial charge on any atom is 0.322 e. The maximum atomic E-state index is 11.3. The summed E-state index contributed by atoms with van der Waals surface area (Å²) < 4.78 is 9.95. The molecule has 0 spiro atoms. The highest BCUT2D eigenvalue weighted by Gasteiger charge is 2.37. The van der Waals surface area contributed by atoms with Gasteiger partial charge in [-0.25, -0.2) is 0 Å². The summed E-state index contributed by atoms with van der Waals surface area (Å²) in [5.74, 6) is -0.224. The van der Waals surface area contributed by atoms with E-state index in [-0.39, 0.29) is 24.2 Å². The number of rotatable bonds is 4. The van der Waals surface area contributed by atoms with Crippen molar-refractivity contribution in [1.29, 1.82) is 0 Å². The van der Waals surface area contributed by atoms with Gasteiger partial charge in [0.05, 0.1) is 13.2 Å². The second-order valence-corrected chi connectivity index (χ2v) is 3.38. The van der Waals surface area contributed by atoms with Gasteiger partial charge in [0.15, 0.2) is 0 Å². The van der Waals surface area contributed by atoms with E-state index in [4.69, 9.17) is 4.74 Å². The molecule has 1 saturated heterocycles. The number of carbonyl (C=O) groups excluding carboxylic acids is 1. The third kappa shape index (κ3) is 2.33. The van der Waals surface area contributed by atoms with Crippen molar-refractivity contribution in [2.45, 2.75) is 31.0 Å². The minimum Gasteiger partial charge on any atom is -0.468 e. The molecule has 1 N–H and O–H groups in total. The monoisotopic (exact) mass is 199 g/mol. The molecule has 0 bridgehead atoms. The molecule has 0 aliphatic carbocycles. The minimum atomic E-state index is -0.241. The predicted molar refractivity (Wildman–Crippen MR) is 53.0 cm³/mol. The fraction of sp³-hybridized carbons (Fsp3) is 0.700. The van der Waals surface area contributed by atoms with Crippen LogP contribution in [0.4, 0.5) is 0 Å². The second kappa shape index (κ2) is 5.12. The van der Waals surface area contributed by atoms with E-state index < -0.39 is 0 Å². The van der Waals surface area contributed by atoms with E-state index in [9.17, 15) is 4.79 Å². The molecule has 1 rings (SSSR count). The average Bonchev–Trinajstić information content (AvgIpc) is 2.60. The predicted octanol–water partition coefficient (Wildman–Crippen LogP) is 0.481. The molecule has 0 amide bonds. The van der Waals surface area contributed by atoms with Crippen LogP contribution in [0.15, 0.2) is 12.7 Å². The van der Waals surface area contributed by atoms with Crippen LogP contribution in [0.3, 0.4) is 0 Å². The van der Waals surface area contributed by atoms with Gasteiger partial charge in [0.1, 0.15) is 6.04 Å². The van der Waals surface area contributed by atoms with Gasteiger partial charge in [0, 0.05) is 19.6 Å². The highest BCUT2D eigenvalue weighted by molar-refractivity contribution is 5.76. The fourth-order valence-electron chi connectivity index (χ4n) is 1.80. The SMILES string of the molecule is C=CCC1NC(C(=O)OC)CC1OC. The first kappa shape index (κ1) is 11.2. The van der Waals surface area contributed by atoms with Crippen molar-refractivity contribution in [2.75, 3.05) is 14.2 Å². The number of methoxy groups -OCH3 is 2. The van der Waals surface area contributed by atoms with Crippen molar-refractivity contribution < 1.29 is 14.3 Å². The van der Waals surface area contributed by atoms with E-state index in [0.29, 0.717) is 6.42 Å². The zero-order valence-electron chi connectivity index (χ0n) is 8.66. The summed E-state index contributed by atoms with van der Waals surface area (Å²) in [4.78, 5) is 11.3. The number of hydrogen-bond donors (Lipinski definition) is 1. The average molecular weight is 199 g/mol. The van der Waals surface area contributed by atoms with Crippen LogP contribution in [-0.2, 0) is 14.3 Å². The first-order chi connectivity index (χ1) is 6.72. The number of hydrogen-bond acceptors (Lipinski definition) is 4. The van der Waals surface area contributed by atoms with Crippen LogP contribution in [0.25, 0.3) is 0 Å². The summed E-state index contributed by atoms with van der Waals surface area (Å²) in [7, 11) is 3.05. The molecule has 3 unspecified atom stereocenters. The lowest BCUT2D eigenvalue weighted by Crippen LogP contribution is -2.37. The minimum absolute atomic E-state index is 0.0668. The van der Waals surface area contributed by atoms with Crippen LogP contribution in [-0.4, -0.2) is 38.4 Å². The zero-order chi connectivity index (χ0) is 10.6. The Labute approximate surface area is 84.3 Å². The third-order valence-corrected chi connectivity index (χ3v) is 2.54. The van der Waals surface area contributed by atoms with Gasteiger partial charge in [-0.15, -0.1) is 6.58 Å². The van der Waals surface area contributed by atoms with Crippen LogP contribution < -0.4 is 5.32 Å². The lowest BCUT2D eigenvalue weighted by atomic mass is 10.1. The lowest BCUT2D eigenvalue weighted by molar-refractivity contribution is -0.142. The normalized spacial score (nSPS) is 31.4. The molecule has 3 atom stereocenters. The van der Waals surface area contributed by atoms with E-state index in [1.165, 1.54) is 7.11 Å². The molecule has 0 aromatic heterocycles. The van der Waals surface area contributed by atoms with Crippen molar-refractivity contribution in [2.24, 2.45) is 0 Å². The summed E-state index contributed by atoms with van der Waals surface area (Å²) in [6.07, 6.45) is 3.36. The quantitative estimate of drug-likeness (QED) is 0.528. The Morgan fingerprint density at radius 3 is 2.86 bits per heavy atom. The second-order valence-electron chi connectivity index (χ2n) is 3.38. The van der Waals surface area contributed by atoms with Crippen molar-refractivity contribution in [3.63, 3.8) is 0 Å². The van der Waals surface area contributed by atoms with Crippen LogP contribution in [0, 0.1) is 0 Å². The van der Waals surface area contributed by atoms with E-state index in [0.717, 1.165) is 6.42 Å². The van der Waals surface area contributed by atoms with Gasteiger partial charge < -0.3 is 9.47 Å². The molecule has 1 heterocycles. The molecule has 1 fully saturated rings. The molecule has 0 aromatic rings. The molecular weight excluding hydrogens is 182 g/mol. The fourth-order valence-corrected chi connectivity index (χ4v) is 1.80. The van der Waals surface area contributed by atoms with Crippen molar-refractivity contribution >= 4 is 5.97 Å². The van der Waals surface area contributed by atoms with Crippen LogP contribution in [0.5, 0.6) is 0 Å². The first-order valence-electron chi connectivity index (χ1n) is 4.70. The van der Waals surface area contributed by atoms with E-state index >= 15 is 0 Å². The summed E-state index contributed by atoms with van der Waals surface area (Å²) in [6, 6.07) is -0.0727. The molecule has 4 nitrogen and oxygen atoms in total. The van der Waals surface area contributed by atoms with Gasteiger partial charge in [-0.05, 0) is 6.42 Å². The molecule has 14 heavy (non-hydrogen) atoms. The van der Waals surface area contributed by atoms with Crippen molar-refractivity contribution in [3.8, 4) is 0 Å². The molecule has 4 heteroatoms. The summed E-state index contributed by atoms with van der Waals surface area (Å²) in [5, 5.41) is 3.17. The van der Waals surface area contributed by atoms with Gasteiger partial charge in [0.2, 0.25) is 0 Å². The highest BCUT2D eigenvalue weighted by atomic mass is 16.5. The van der Waals surface area contributed by atoms with Crippen LogP contribution in [0.2, 0.25) is 0 Å². The largest absolute Gasteiger partial charge is 0.468 e. The third-order valence-electron chi connectivity index (χ3n) is 2.54. The Kier molecular flexibility index (Phi) is 4.10. The van der Waals surface area contributed by atoms with E-state index in [1.807, 2.05) is 6.08 Å². The van der Waals surface area contributed by atoms with Crippen LogP contribution in [0.1, 0.15) is 12.8 Å². The number of nitrogens with one attached hydrogen (secondary N) is 1. The van der Waals surface area contributed by atoms with Crippen molar-refractivity contribution in [3.05, 3.63) is 12.7 Å². The standard InChI is InChI=1S/C10H17NO3/c1-4-5-7-9(13-2)6-8(11-7)10(12)14-3/h4,7-9,11H,1,5-6H2,2-3H3. The van der Waals surface area contributed by atoms with Gasteiger partial charge in [-0.2, -0.15) is 0 Å². The Bertz CT molecular complexity index is 217. The molecular formula is C10H17NO3. The maximum absolute atomic E-state index is 11.3. The zero-order valence-corrected chi connectivity index (χ0v) is 8.66. The van der Waals surface area contributed by atoms with Gasteiger partial charge in [-0.1, -0.05) is 6.08 Å². The van der Waals surface area contributed by atoms with Gasteiger partial charge >= 0.3 is 5.97 Å². The number of ether oxygens (including phenoxy) is 2. The Hall–Kier alpha value is -0.870. The molecule has 0 aromatic carbocycles. The topological polar surface area (TPSA) is 47.6 Å². The molecule has 1 aliphatic rings. The molecule has 0 saturated carbocycles. The lowest BCUT2D eigenvalue weighted by Gasteiger charge is -2.15. The Morgan fingerprint density at radius 1 is 1.64 bits per heavy atom.